The lowest BCUT2D eigenvalue weighted by atomic mass is 10.2. The first-order valence-electron chi connectivity index (χ1n) is 6.81. The summed E-state index contributed by atoms with van der Waals surface area (Å²) in [5.74, 6) is 0.715. The Hall–Kier alpha value is -1.07. The summed E-state index contributed by atoms with van der Waals surface area (Å²) >= 11 is 3.49. The smallest absolute Gasteiger partial charge is 0.223 e. The van der Waals surface area contributed by atoms with Crippen molar-refractivity contribution in [2.45, 2.75) is 27.3 Å². The molecule has 1 aromatic carbocycles. The second kappa shape index (κ2) is 8.27. The van der Waals surface area contributed by atoms with Gasteiger partial charge in [-0.25, -0.2) is 0 Å². The first kappa shape index (κ1) is 17.0. The number of carbonyl (C=O) groups is 1. The molecule has 0 bridgehead atoms. The van der Waals surface area contributed by atoms with Crippen molar-refractivity contribution in [3.8, 4) is 5.75 Å². The number of ether oxygens (including phenoxy) is 1. The van der Waals surface area contributed by atoms with Crippen LogP contribution in [0.15, 0.2) is 22.7 Å². The van der Waals surface area contributed by atoms with Gasteiger partial charge in [0.1, 0.15) is 5.75 Å². The van der Waals surface area contributed by atoms with Crippen molar-refractivity contribution in [2.75, 3.05) is 13.2 Å². The number of amides is 1. The van der Waals surface area contributed by atoms with Gasteiger partial charge < -0.3 is 15.8 Å². The monoisotopic (exact) mass is 342 g/mol. The predicted molar refractivity (Wildman–Crippen MR) is 84.5 cm³/mol. The lowest BCUT2D eigenvalue weighted by Gasteiger charge is -2.13. The SMILES string of the molecule is CC(C)CNCc1ccc(OCC(C)C(N)=O)c(Br)c1. The molecule has 0 saturated carbocycles. The van der Waals surface area contributed by atoms with Crippen LogP contribution in [0.5, 0.6) is 5.75 Å². The molecule has 0 aliphatic carbocycles. The van der Waals surface area contributed by atoms with Gasteiger partial charge in [-0.05, 0) is 46.1 Å². The van der Waals surface area contributed by atoms with E-state index in [1.807, 2.05) is 18.2 Å². The van der Waals surface area contributed by atoms with Crippen LogP contribution in [-0.2, 0) is 11.3 Å². The Morgan fingerprint density at radius 3 is 2.65 bits per heavy atom. The van der Waals surface area contributed by atoms with E-state index in [9.17, 15) is 4.79 Å². The van der Waals surface area contributed by atoms with Crippen molar-refractivity contribution < 1.29 is 9.53 Å². The van der Waals surface area contributed by atoms with Crippen LogP contribution in [0.2, 0.25) is 0 Å². The first-order valence-corrected chi connectivity index (χ1v) is 7.60. The largest absolute Gasteiger partial charge is 0.492 e. The number of primary amides is 1. The molecule has 0 fully saturated rings. The van der Waals surface area contributed by atoms with E-state index >= 15 is 0 Å². The van der Waals surface area contributed by atoms with Crippen LogP contribution in [0.25, 0.3) is 0 Å². The van der Waals surface area contributed by atoms with E-state index in [0.29, 0.717) is 12.5 Å². The molecular weight excluding hydrogens is 320 g/mol. The minimum absolute atomic E-state index is 0.291. The highest BCUT2D eigenvalue weighted by Gasteiger charge is 2.10. The van der Waals surface area contributed by atoms with E-state index in [0.717, 1.165) is 23.3 Å². The van der Waals surface area contributed by atoms with Crippen molar-refractivity contribution in [1.29, 1.82) is 0 Å². The van der Waals surface area contributed by atoms with Crippen molar-refractivity contribution in [3.63, 3.8) is 0 Å². The summed E-state index contributed by atoms with van der Waals surface area (Å²) in [7, 11) is 0. The zero-order valence-corrected chi connectivity index (χ0v) is 13.9. The number of nitrogens with two attached hydrogens (primary N) is 1. The van der Waals surface area contributed by atoms with E-state index in [2.05, 4.69) is 35.1 Å². The quantitative estimate of drug-likeness (QED) is 0.763. The van der Waals surface area contributed by atoms with Crippen LogP contribution >= 0.6 is 15.9 Å². The average molecular weight is 343 g/mol. The lowest BCUT2D eigenvalue weighted by molar-refractivity contribution is -0.122. The Balaban J connectivity index is 2.53. The van der Waals surface area contributed by atoms with Crippen LogP contribution in [-0.4, -0.2) is 19.1 Å². The maximum atomic E-state index is 11.0. The first-order chi connectivity index (χ1) is 9.40. The second-order valence-corrected chi connectivity index (χ2v) is 6.26. The Labute approximate surface area is 129 Å². The molecule has 20 heavy (non-hydrogen) atoms. The number of hydrogen-bond acceptors (Lipinski definition) is 3. The fourth-order valence-corrected chi connectivity index (χ4v) is 2.11. The summed E-state index contributed by atoms with van der Waals surface area (Å²) in [6.07, 6.45) is 0. The molecular formula is C15H23BrN2O2. The summed E-state index contributed by atoms with van der Waals surface area (Å²) in [5.41, 5.74) is 6.39. The molecule has 112 valence electrons. The molecule has 1 atom stereocenters. The molecule has 3 N–H and O–H groups in total. The minimum atomic E-state index is -0.351. The normalized spacial score (nSPS) is 12.4. The summed E-state index contributed by atoms with van der Waals surface area (Å²) in [4.78, 5) is 11.0. The summed E-state index contributed by atoms with van der Waals surface area (Å²) in [5, 5.41) is 3.39. The molecule has 1 rings (SSSR count). The number of benzene rings is 1. The van der Waals surface area contributed by atoms with Gasteiger partial charge in [0.15, 0.2) is 0 Å². The van der Waals surface area contributed by atoms with Crippen molar-refractivity contribution in [3.05, 3.63) is 28.2 Å². The Morgan fingerprint density at radius 2 is 2.10 bits per heavy atom. The van der Waals surface area contributed by atoms with Crippen LogP contribution < -0.4 is 15.8 Å². The Morgan fingerprint density at radius 1 is 1.40 bits per heavy atom. The maximum absolute atomic E-state index is 11.0. The summed E-state index contributed by atoms with van der Waals surface area (Å²) < 4.78 is 6.48. The number of rotatable bonds is 8. The summed E-state index contributed by atoms with van der Waals surface area (Å²) in [6.45, 7) is 8.22. The summed E-state index contributed by atoms with van der Waals surface area (Å²) in [6, 6.07) is 5.95. The van der Waals surface area contributed by atoms with E-state index in [1.165, 1.54) is 5.56 Å². The van der Waals surface area contributed by atoms with Crippen LogP contribution in [0.3, 0.4) is 0 Å². The molecule has 0 heterocycles. The highest BCUT2D eigenvalue weighted by atomic mass is 79.9. The van der Waals surface area contributed by atoms with E-state index in [4.69, 9.17) is 10.5 Å². The highest BCUT2D eigenvalue weighted by molar-refractivity contribution is 9.10. The zero-order chi connectivity index (χ0) is 15.1. The molecule has 0 aliphatic heterocycles. The molecule has 0 radical (unpaired) electrons. The van der Waals surface area contributed by atoms with E-state index in [-0.39, 0.29) is 11.8 Å². The fourth-order valence-electron chi connectivity index (χ4n) is 1.57. The van der Waals surface area contributed by atoms with Crippen molar-refractivity contribution in [1.82, 2.24) is 5.32 Å². The Bertz CT molecular complexity index is 449. The zero-order valence-electron chi connectivity index (χ0n) is 12.3. The van der Waals surface area contributed by atoms with E-state index in [1.54, 1.807) is 6.92 Å². The molecule has 4 nitrogen and oxygen atoms in total. The van der Waals surface area contributed by atoms with Crippen LogP contribution in [0.1, 0.15) is 26.3 Å². The maximum Gasteiger partial charge on any atom is 0.223 e. The standard InChI is InChI=1S/C15H23BrN2O2/c1-10(2)7-18-8-12-4-5-14(13(16)6-12)20-9-11(3)15(17)19/h4-6,10-11,18H,7-9H2,1-3H3,(H2,17,19). The van der Waals surface area contributed by atoms with Crippen LogP contribution in [0.4, 0.5) is 0 Å². The third-order valence-corrected chi connectivity index (χ3v) is 3.47. The third kappa shape index (κ3) is 5.92. The van der Waals surface area contributed by atoms with Gasteiger partial charge in [0.25, 0.3) is 0 Å². The minimum Gasteiger partial charge on any atom is -0.492 e. The Kier molecular flexibility index (Phi) is 7.02. The number of halogens is 1. The molecule has 1 aromatic rings. The molecule has 5 heteroatoms. The number of hydrogen-bond donors (Lipinski definition) is 2. The lowest BCUT2D eigenvalue weighted by Crippen LogP contribution is -2.25. The van der Waals surface area contributed by atoms with Crippen molar-refractivity contribution >= 4 is 21.8 Å². The van der Waals surface area contributed by atoms with Crippen LogP contribution in [0, 0.1) is 11.8 Å². The van der Waals surface area contributed by atoms with Gasteiger partial charge in [0, 0.05) is 6.54 Å². The van der Waals surface area contributed by atoms with Gasteiger partial charge in [-0.1, -0.05) is 26.8 Å². The van der Waals surface area contributed by atoms with Crippen molar-refractivity contribution in [2.24, 2.45) is 17.6 Å². The molecule has 0 aliphatic rings. The molecule has 1 unspecified atom stereocenters. The van der Waals surface area contributed by atoms with Gasteiger partial charge in [0.05, 0.1) is 17.0 Å². The van der Waals surface area contributed by atoms with Gasteiger partial charge in [0.2, 0.25) is 5.91 Å². The fraction of sp³-hybridized carbons (Fsp3) is 0.533. The van der Waals surface area contributed by atoms with Gasteiger partial charge in [-0.3, -0.25) is 4.79 Å². The van der Waals surface area contributed by atoms with Gasteiger partial charge in [-0.15, -0.1) is 0 Å². The predicted octanol–water partition coefficient (Wildman–Crippen LogP) is 2.69. The van der Waals surface area contributed by atoms with Gasteiger partial charge >= 0.3 is 0 Å². The number of nitrogens with one attached hydrogen (secondary N) is 1. The average Bonchev–Trinajstić information content (AvgIpc) is 2.36. The topological polar surface area (TPSA) is 64.3 Å². The highest BCUT2D eigenvalue weighted by Crippen LogP contribution is 2.26. The molecule has 0 spiro atoms. The van der Waals surface area contributed by atoms with E-state index < -0.39 is 0 Å². The third-order valence-electron chi connectivity index (χ3n) is 2.85. The molecule has 0 aromatic heterocycles. The number of carbonyl (C=O) groups excluding carboxylic acids is 1. The molecule has 0 saturated heterocycles. The molecule has 1 amide bonds. The van der Waals surface area contributed by atoms with Gasteiger partial charge in [-0.2, -0.15) is 0 Å². The second-order valence-electron chi connectivity index (χ2n) is 5.40.